The van der Waals surface area contributed by atoms with E-state index in [0.29, 0.717) is 5.13 Å². The van der Waals surface area contributed by atoms with Crippen molar-refractivity contribution >= 4 is 45.7 Å². The van der Waals surface area contributed by atoms with Crippen molar-refractivity contribution in [2.75, 3.05) is 22.1 Å². The van der Waals surface area contributed by atoms with Crippen molar-refractivity contribution in [3.8, 4) is 0 Å². The molecule has 1 heterocycles. The molecule has 0 aliphatic rings. The average Bonchev–Trinajstić information content (AvgIpc) is 2.98. The second-order valence-electron chi connectivity index (χ2n) is 6.62. The highest BCUT2D eigenvalue weighted by Crippen LogP contribution is 2.27. The first-order valence-electron chi connectivity index (χ1n) is 7.82. The Labute approximate surface area is 155 Å². The molecule has 2 amide bonds. The van der Waals surface area contributed by atoms with Gasteiger partial charge in [-0.2, -0.15) is 0 Å². The molecule has 6 nitrogen and oxygen atoms in total. The molecular formula is C17H22N4O2S2. The van der Waals surface area contributed by atoms with Gasteiger partial charge < -0.3 is 5.32 Å². The number of benzene rings is 1. The molecule has 1 aromatic carbocycles. The number of carbonyl (C=O) groups excluding carboxylic acids is 2. The number of anilines is 2. The number of thioether (sulfide) groups is 1. The maximum atomic E-state index is 11.9. The van der Waals surface area contributed by atoms with E-state index in [1.54, 1.807) is 0 Å². The molecule has 0 aliphatic heterocycles. The minimum absolute atomic E-state index is 0.0938. The van der Waals surface area contributed by atoms with Crippen molar-refractivity contribution in [1.82, 2.24) is 10.2 Å². The van der Waals surface area contributed by atoms with Gasteiger partial charge in [-0.05, 0) is 19.1 Å². The third-order valence-corrected chi connectivity index (χ3v) is 5.31. The standard InChI is InChI=1S/C17H22N4O2S2/c1-11-5-7-12(8-6-11)18-13(22)9-24-10-14(23)19-16-21-20-15(25-16)17(2,3)4/h5-8H,9-10H2,1-4H3,(H,18,22)(H,19,21,23). The highest BCUT2D eigenvalue weighted by atomic mass is 32.2. The van der Waals surface area contributed by atoms with Gasteiger partial charge in [0.25, 0.3) is 0 Å². The van der Waals surface area contributed by atoms with E-state index in [9.17, 15) is 9.59 Å². The molecule has 2 N–H and O–H groups in total. The van der Waals surface area contributed by atoms with Gasteiger partial charge in [0.2, 0.25) is 16.9 Å². The summed E-state index contributed by atoms with van der Waals surface area (Å²) in [6.07, 6.45) is 0. The smallest absolute Gasteiger partial charge is 0.236 e. The summed E-state index contributed by atoms with van der Waals surface area (Å²) in [6, 6.07) is 7.58. The van der Waals surface area contributed by atoms with Crippen molar-refractivity contribution in [1.29, 1.82) is 0 Å². The Balaban J connectivity index is 1.72. The van der Waals surface area contributed by atoms with Crippen LogP contribution in [0.1, 0.15) is 31.3 Å². The van der Waals surface area contributed by atoms with Crippen LogP contribution >= 0.6 is 23.1 Å². The van der Waals surface area contributed by atoms with Crippen molar-refractivity contribution in [2.24, 2.45) is 0 Å². The lowest BCUT2D eigenvalue weighted by molar-refractivity contribution is -0.114. The maximum absolute atomic E-state index is 11.9. The van der Waals surface area contributed by atoms with E-state index in [1.165, 1.54) is 23.1 Å². The van der Waals surface area contributed by atoms with Gasteiger partial charge in [-0.3, -0.25) is 14.9 Å². The highest BCUT2D eigenvalue weighted by molar-refractivity contribution is 8.00. The van der Waals surface area contributed by atoms with Crippen LogP contribution in [0.15, 0.2) is 24.3 Å². The summed E-state index contributed by atoms with van der Waals surface area (Å²) >= 11 is 2.62. The van der Waals surface area contributed by atoms with Crippen LogP contribution in [0.5, 0.6) is 0 Å². The lowest BCUT2D eigenvalue weighted by Gasteiger charge is -2.12. The minimum Gasteiger partial charge on any atom is -0.325 e. The van der Waals surface area contributed by atoms with Gasteiger partial charge in [0.1, 0.15) is 5.01 Å². The molecular weight excluding hydrogens is 356 g/mol. The zero-order valence-electron chi connectivity index (χ0n) is 14.8. The lowest BCUT2D eigenvalue weighted by atomic mass is 9.98. The first kappa shape index (κ1) is 19.4. The van der Waals surface area contributed by atoms with Crippen molar-refractivity contribution < 1.29 is 9.59 Å². The number of aromatic nitrogens is 2. The van der Waals surface area contributed by atoms with Crippen LogP contribution in [-0.2, 0) is 15.0 Å². The number of nitrogens with one attached hydrogen (secondary N) is 2. The summed E-state index contributed by atoms with van der Waals surface area (Å²) in [5.41, 5.74) is 1.79. The van der Waals surface area contributed by atoms with Crippen LogP contribution in [0.25, 0.3) is 0 Å². The Hall–Kier alpha value is -1.93. The molecule has 0 saturated heterocycles. The molecule has 0 spiro atoms. The Morgan fingerprint density at radius 3 is 2.20 bits per heavy atom. The molecule has 8 heteroatoms. The van der Waals surface area contributed by atoms with Crippen molar-refractivity contribution in [3.63, 3.8) is 0 Å². The Kier molecular flexibility index (Phi) is 6.55. The summed E-state index contributed by atoms with van der Waals surface area (Å²) in [5.74, 6) is 0.0773. The van der Waals surface area contributed by atoms with Gasteiger partial charge in [0.15, 0.2) is 0 Å². The molecule has 0 aliphatic carbocycles. The summed E-state index contributed by atoms with van der Waals surface area (Å²) in [7, 11) is 0. The van der Waals surface area contributed by atoms with E-state index in [4.69, 9.17) is 0 Å². The second kappa shape index (κ2) is 8.44. The second-order valence-corrected chi connectivity index (χ2v) is 8.58. The van der Waals surface area contributed by atoms with E-state index in [1.807, 2.05) is 52.0 Å². The van der Waals surface area contributed by atoms with E-state index < -0.39 is 0 Å². The van der Waals surface area contributed by atoms with Gasteiger partial charge in [-0.25, -0.2) is 0 Å². The van der Waals surface area contributed by atoms with Crippen LogP contribution in [-0.4, -0.2) is 33.5 Å². The quantitative estimate of drug-likeness (QED) is 0.804. The van der Waals surface area contributed by atoms with Crippen molar-refractivity contribution in [2.45, 2.75) is 33.1 Å². The van der Waals surface area contributed by atoms with Gasteiger partial charge in [-0.1, -0.05) is 49.8 Å². The van der Waals surface area contributed by atoms with Gasteiger partial charge in [0, 0.05) is 11.1 Å². The van der Waals surface area contributed by atoms with E-state index in [2.05, 4.69) is 20.8 Å². The Bertz CT molecular complexity index is 736. The third kappa shape index (κ3) is 6.47. The fraction of sp³-hybridized carbons (Fsp3) is 0.412. The maximum Gasteiger partial charge on any atom is 0.236 e. The van der Waals surface area contributed by atoms with Crippen LogP contribution in [0.2, 0.25) is 0 Å². The van der Waals surface area contributed by atoms with Crippen LogP contribution in [0.4, 0.5) is 10.8 Å². The lowest BCUT2D eigenvalue weighted by Crippen LogP contribution is -2.18. The Morgan fingerprint density at radius 2 is 1.64 bits per heavy atom. The first-order chi connectivity index (χ1) is 11.7. The van der Waals surface area contributed by atoms with Crippen LogP contribution in [0.3, 0.4) is 0 Å². The van der Waals surface area contributed by atoms with E-state index >= 15 is 0 Å². The SMILES string of the molecule is Cc1ccc(NC(=O)CSCC(=O)Nc2nnc(C(C)(C)C)s2)cc1. The largest absolute Gasteiger partial charge is 0.325 e. The molecule has 134 valence electrons. The summed E-state index contributed by atoms with van der Waals surface area (Å²) in [5, 5.41) is 14.9. The highest BCUT2D eigenvalue weighted by Gasteiger charge is 2.20. The first-order valence-corrected chi connectivity index (χ1v) is 9.79. The predicted molar refractivity (Wildman–Crippen MR) is 104 cm³/mol. The fourth-order valence-corrected chi connectivity index (χ4v) is 3.24. The van der Waals surface area contributed by atoms with Crippen LogP contribution in [0, 0.1) is 6.92 Å². The molecule has 2 rings (SSSR count). The van der Waals surface area contributed by atoms with Crippen molar-refractivity contribution in [3.05, 3.63) is 34.8 Å². The number of aryl methyl sites for hydroxylation is 1. The minimum atomic E-state index is -0.190. The van der Waals surface area contributed by atoms with Gasteiger partial charge in [-0.15, -0.1) is 22.0 Å². The molecule has 0 bridgehead atoms. The fourth-order valence-electron chi connectivity index (χ4n) is 1.80. The molecule has 0 unspecified atom stereocenters. The molecule has 0 fully saturated rings. The number of hydrogen-bond acceptors (Lipinski definition) is 6. The number of carbonyl (C=O) groups is 2. The molecule has 0 saturated carbocycles. The van der Waals surface area contributed by atoms with Gasteiger partial charge in [0.05, 0.1) is 11.5 Å². The summed E-state index contributed by atoms with van der Waals surface area (Å²) in [6.45, 7) is 8.12. The van der Waals surface area contributed by atoms with Gasteiger partial charge >= 0.3 is 0 Å². The molecule has 1 aromatic heterocycles. The number of rotatable bonds is 6. The average molecular weight is 379 g/mol. The zero-order valence-corrected chi connectivity index (χ0v) is 16.4. The number of nitrogens with zero attached hydrogens (tertiary/aromatic N) is 2. The summed E-state index contributed by atoms with van der Waals surface area (Å²) < 4.78 is 0. The molecule has 25 heavy (non-hydrogen) atoms. The Morgan fingerprint density at radius 1 is 1.04 bits per heavy atom. The summed E-state index contributed by atoms with van der Waals surface area (Å²) in [4.78, 5) is 23.8. The monoisotopic (exact) mass is 378 g/mol. The normalized spacial score (nSPS) is 11.2. The topological polar surface area (TPSA) is 84.0 Å². The number of amides is 2. The third-order valence-electron chi connectivity index (χ3n) is 3.11. The van der Waals surface area contributed by atoms with E-state index in [-0.39, 0.29) is 28.7 Å². The molecule has 0 atom stereocenters. The predicted octanol–water partition coefficient (Wildman–Crippen LogP) is 3.45. The molecule has 0 radical (unpaired) electrons. The van der Waals surface area contributed by atoms with E-state index in [0.717, 1.165) is 16.3 Å². The number of hydrogen-bond donors (Lipinski definition) is 2. The van der Waals surface area contributed by atoms with Crippen LogP contribution < -0.4 is 10.6 Å². The zero-order chi connectivity index (χ0) is 18.4. The molecule has 2 aromatic rings.